The van der Waals surface area contributed by atoms with E-state index in [-0.39, 0.29) is 11.8 Å². The number of amides is 1. The number of carbonyl (C=O) groups is 1. The molecule has 0 aliphatic carbocycles. The van der Waals surface area contributed by atoms with Crippen LogP contribution in [0.15, 0.2) is 30.3 Å². The average Bonchev–Trinajstić information content (AvgIpc) is 2.86. The molecule has 0 spiro atoms. The molecule has 104 valence electrons. The van der Waals surface area contributed by atoms with Crippen molar-refractivity contribution in [1.82, 2.24) is 10.6 Å². The van der Waals surface area contributed by atoms with Crippen molar-refractivity contribution >= 4 is 11.6 Å². The van der Waals surface area contributed by atoms with Gasteiger partial charge in [0.25, 0.3) is 0 Å². The smallest absolute Gasteiger partial charge is 0.224 e. The number of likely N-dealkylation sites (N-methyl/N-ethyl adjacent to an activating group) is 1. The van der Waals surface area contributed by atoms with Gasteiger partial charge in [-0.15, -0.1) is 0 Å². The van der Waals surface area contributed by atoms with Crippen molar-refractivity contribution in [2.75, 3.05) is 38.1 Å². The molecule has 1 aromatic carbocycles. The summed E-state index contributed by atoms with van der Waals surface area (Å²) in [7, 11) is 2.04. The molecule has 0 radical (unpaired) electrons. The van der Waals surface area contributed by atoms with E-state index < -0.39 is 0 Å². The van der Waals surface area contributed by atoms with Crippen LogP contribution in [0.1, 0.15) is 6.92 Å². The third kappa shape index (κ3) is 3.70. The molecule has 0 bridgehead atoms. The number of para-hydroxylation sites is 1. The second-order valence-electron chi connectivity index (χ2n) is 5.29. The van der Waals surface area contributed by atoms with Crippen LogP contribution < -0.4 is 15.5 Å². The van der Waals surface area contributed by atoms with Gasteiger partial charge in [0.15, 0.2) is 0 Å². The Bertz CT molecular complexity index is 407. The number of hydrogen-bond donors (Lipinski definition) is 2. The molecule has 4 heteroatoms. The maximum atomic E-state index is 12.0. The van der Waals surface area contributed by atoms with Crippen LogP contribution >= 0.6 is 0 Å². The molecule has 1 saturated heterocycles. The van der Waals surface area contributed by atoms with Gasteiger partial charge in [0, 0.05) is 32.4 Å². The van der Waals surface area contributed by atoms with Gasteiger partial charge in [0.1, 0.15) is 0 Å². The van der Waals surface area contributed by atoms with Crippen LogP contribution in [0.3, 0.4) is 0 Å². The van der Waals surface area contributed by atoms with Crippen molar-refractivity contribution in [3.8, 4) is 0 Å². The molecule has 1 amide bonds. The number of anilines is 1. The second-order valence-corrected chi connectivity index (χ2v) is 5.29. The minimum atomic E-state index is 0.127. The fourth-order valence-electron chi connectivity index (χ4n) is 2.45. The zero-order valence-electron chi connectivity index (χ0n) is 11.7. The summed E-state index contributed by atoms with van der Waals surface area (Å²) in [6.45, 7) is 5.39. The number of carbonyl (C=O) groups excluding carboxylic acids is 1. The number of rotatable bonds is 5. The van der Waals surface area contributed by atoms with Crippen LogP contribution in [0.5, 0.6) is 0 Å². The van der Waals surface area contributed by atoms with Gasteiger partial charge in [-0.3, -0.25) is 4.79 Å². The summed E-state index contributed by atoms with van der Waals surface area (Å²) in [5, 5.41) is 6.29. The van der Waals surface area contributed by atoms with E-state index in [0.29, 0.717) is 12.5 Å². The third-order valence-corrected chi connectivity index (χ3v) is 3.80. The zero-order valence-corrected chi connectivity index (χ0v) is 11.7. The summed E-state index contributed by atoms with van der Waals surface area (Å²) in [5.74, 6) is 0.743. The molecule has 1 aliphatic heterocycles. The summed E-state index contributed by atoms with van der Waals surface area (Å²) in [6.07, 6.45) is 0. The van der Waals surface area contributed by atoms with Crippen molar-refractivity contribution < 1.29 is 4.79 Å². The Balaban J connectivity index is 1.73. The van der Waals surface area contributed by atoms with Crippen molar-refractivity contribution in [2.24, 2.45) is 11.8 Å². The van der Waals surface area contributed by atoms with E-state index in [1.807, 2.05) is 25.2 Å². The molecule has 2 unspecified atom stereocenters. The highest BCUT2D eigenvalue weighted by molar-refractivity contribution is 5.79. The first-order chi connectivity index (χ1) is 9.18. The van der Waals surface area contributed by atoms with Crippen molar-refractivity contribution in [2.45, 2.75) is 6.92 Å². The first-order valence-electron chi connectivity index (χ1n) is 6.93. The molecular weight excluding hydrogens is 238 g/mol. The van der Waals surface area contributed by atoms with E-state index in [9.17, 15) is 4.79 Å². The molecule has 1 aliphatic rings. The zero-order chi connectivity index (χ0) is 13.7. The topological polar surface area (TPSA) is 44.4 Å². The van der Waals surface area contributed by atoms with Crippen molar-refractivity contribution in [3.63, 3.8) is 0 Å². The van der Waals surface area contributed by atoms with Crippen LogP contribution in [0.2, 0.25) is 0 Å². The summed E-state index contributed by atoms with van der Waals surface area (Å²) >= 11 is 0. The normalized spacial score (nSPS) is 22.2. The van der Waals surface area contributed by atoms with E-state index in [1.54, 1.807) is 0 Å². The molecule has 1 heterocycles. The second kappa shape index (κ2) is 6.57. The van der Waals surface area contributed by atoms with E-state index in [4.69, 9.17) is 0 Å². The number of benzene rings is 1. The van der Waals surface area contributed by atoms with Gasteiger partial charge in [-0.1, -0.05) is 25.1 Å². The Morgan fingerprint density at radius 3 is 2.74 bits per heavy atom. The van der Waals surface area contributed by atoms with Gasteiger partial charge >= 0.3 is 0 Å². The first kappa shape index (κ1) is 13.9. The minimum absolute atomic E-state index is 0.127. The lowest BCUT2D eigenvalue weighted by molar-refractivity contribution is -0.125. The van der Waals surface area contributed by atoms with Gasteiger partial charge < -0.3 is 15.5 Å². The van der Waals surface area contributed by atoms with Gasteiger partial charge in [-0.2, -0.15) is 0 Å². The van der Waals surface area contributed by atoms with E-state index >= 15 is 0 Å². The van der Waals surface area contributed by atoms with Crippen LogP contribution in [0.4, 0.5) is 5.69 Å². The van der Waals surface area contributed by atoms with Gasteiger partial charge in [-0.05, 0) is 24.6 Å². The number of nitrogens with zero attached hydrogens (tertiary/aromatic N) is 1. The monoisotopic (exact) mass is 261 g/mol. The van der Waals surface area contributed by atoms with Crippen LogP contribution in [0, 0.1) is 11.8 Å². The Morgan fingerprint density at radius 2 is 2.11 bits per heavy atom. The van der Waals surface area contributed by atoms with Crippen LogP contribution in [-0.2, 0) is 4.79 Å². The molecule has 0 aromatic heterocycles. The molecule has 1 fully saturated rings. The Labute approximate surface area is 115 Å². The van der Waals surface area contributed by atoms with Crippen molar-refractivity contribution in [1.29, 1.82) is 0 Å². The highest BCUT2D eigenvalue weighted by Gasteiger charge is 2.29. The maximum absolute atomic E-state index is 12.0. The predicted molar refractivity (Wildman–Crippen MR) is 78.2 cm³/mol. The lowest BCUT2D eigenvalue weighted by Crippen LogP contribution is -2.38. The molecule has 0 saturated carbocycles. The molecule has 19 heavy (non-hydrogen) atoms. The lowest BCUT2D eigenvalue weighted by atomic mass is 9.97. The molecule has 2 rings (SSSR count). The number of nitrogens with one attached hydrogen (secondary N) is 2. The van der Waals surface area contributed by atoms with Crippen LogP contribution in [0.25, 0.3) is 0 Å². The summed E-state index contributed by atoms with van der Waals surface area (Å²) < 4.78 is 0. The van der Waals surface area contributed by atoms with Crippen molar-refractivity contribution in [3.05, 3.63) is 30.3 Å². The predicted octanol–water partition coefficient (Wildman–Crippen LogP) is 1.09. The highest BCUT2D eigenvalue weighted by Crippen LogP contribution is 2.15. The van der Waals surface area contributed by atoms with E-state index in [0.717, 1.165) is 19.6 Å². The van der Waals surface area contributed by atoms with Gasteiger partial charge in [0.2, 0.25) is 5.91 Å². The minimum Gasteiger partial charge on any atom is -0.373 e. The van der Waals surface area contributed by atoms with E-state index in [1.165, 1.54) is 5.69 Å². The quantitative estimate of drug-likeness (QED) is 0.834. The van der Waals surface area contributed by atoms with Gasteiger partial charge in [-0.25, -0.2) is 0 Å². The maximum Gasteiger partial charge on any atom is 0.224 e. The molecule has 1 aromatic rings. The highest BCUT2D eigenvalue weighted by atomic mass is 16.1. The van der Waals surface area contributed by atoms with Crippen LogP contribution in [-0.4, -0.2) is 39.1 Å². The average molecular weight is 261 g/mol. The molecule has 2 atom stereocenters. The lowest BCUT2D eigenvalue weighted by Gasteiger charge is -2.20. The van der Waals surface area contributed by atoms with E-state index in [2.05, 4.69) is 34.6 Å². The third-order valence-electron chi connectivity index (χ3n) is 3.80. The Hall–Kier alpha value is -1.55. The fourth-order valence-corrected chi connectivity index (χ4v) is 2.45. The SMILES string of the molecule is CC1CNCC1C(=O)NCCN(C)c1ccccc1. The first-order valence-corrected chi connectivity index (χ1v) is 6.93. The van der Waals surface area contributed by atoms with Gasteiger partial charge in [0.05, 0.1) is 5.92 Å². The summed E-state index contributed by atoms with van der Waals surface area (Å²) in [4.78, 5) is 14.2. The Morgan fingerprint density at radius 1 is 1.37 bits per heavy atom. The molecule has 2 N–H and O–H groups in total. The molecule has 4 nitrogen and oxygen atoms in total. The molecular formula is C15H23N3O. The number of hydrogen-bond acceptors (Lipinski definition) is 3. The fraction of sp³-hybridized carbons (Fsp3) is 0.533. The standard InChI is InChI=1S/C15H23N3O/c1-12-10-16-11-14(12)15(19)17-8-9-18(2)13-6-4-3-5-7-13/h3-7,12,14,16H,8-11H2,1-2H3,(H,17,19). The summed E-state index contributed by atoms with van der Waals surface area (Å²) in [5.41, 5.74) is 1.17. The largest absolute Gasteiger partial charge is 0.373 e. The Kier molecular flexibility index (Phi) is 4.80. The summed E-state index contributed by atoms with van der Waals surface area (Å²) in [6, 6.07) is 10.2.